The summed E-state index contributed by atoms with van der Waals surface area (Å²) in [5.74, 6) is 0. The number of benzene rings is 1. The number of hydrogen-bond acceptors (Lipinski definition) is 2. The van der Waals surface area contributed by atoms with E-state index in [1.54, 1.807) is 0 Å². The molecule has 2 nitrogen and oxygen atoms in total. The van der Waals surface area contributed by atoms with Crippen molar-refractivity contribution in [3.8, 4) is 0 Å². The van der Waals surface area contributed by atoms with Crippen LogP contribution in [-0.4, -0.2) is 19.1 Å². The van der Waals surface area contributed by atoms with Crippen LogP contribution in [0.2, 0.25) is 0 Å². The van der Waals surface area contributed by atoms with Crippen LogP contribution in [0.15, 0.2) is 30.5 Å². The molecular weight excluding hydrogens is 268 g/mol. The molecule has 0 unspecified atom stereocenters. The van der Waals surface area contributed by atoms with Crippen molar-refractivity contribution in [2.24, 2.45) is 5.41 Å². The van der Waals surface area contributed by atoms with Gasteiger partial charge in [0.15, 0.2) is 0 Å². The van der Waals surface area contributed by atoms with Gasteiger partial charge in [-0.2, -0.15) is 0 Å². The summed E-state index contributed by atoms with van der Waals surface area (Å²) in [5, 5.41) is 2.50. The molecule has 0 bridgehead atoms. The van der Waals surface area contributed by atoms with E-state index in [2.05, 4.69) is 77.9 Å². The van der Waals surface area contributed by atoms with E-state index in [0.717, 1.165) is 6.42 Å². The highest BCUT2D eigenvalue weighted by molar-refractivity contribution is 5.94. The van der Waals surface area contributed by atoms with Crippen LogP contribution in [0, 0.1) is 5.41 Å². The second kappa shape index (κ2) is 5.91. The van der Waals surface area contributed by atoms with Crippen molar-refractivity contribution in [2.45, 2.75) is 52.9 Å². The molecule has 0 aliphatic carbocycles. The Kier molecular flexibility index (Phi) is 4.51. The molecule has 0 aliphatic rings. The molecule has 1 aromatic carbocycles. The third kappa shape index (κ3) is 3.79. The lowest BCUT2D eigenvalue weighted by Crippen LogP contribution is -2.22. The van der Waals surface area contributed by atoms with Gasteiger partial charge >= 0.3 is 0 Å². The van der Waals surface area contributed by atoms with Gasteiger partial charge in [-0.25, -0.2) is 0 Å². The molecule has 22 heavy (non-hydrogen) atoms. The lowest BCUT2D eigenvalue weighted by Gasteiger charge is -2.29. The summed E-state index contributed by atoms with van der Waals surface area (Å²) >= 11 is 0. The Labute approximate surface area is 135 Å². The van der Waals surface area contributed by atoms with E-state index >= 15 is 0 Å². The molecule has 2 heteroatoms. The Hall–Kier alpha value is -1.57. The topological polar surface area (TPSA) is 16.1 Å². The standard InChI is InChI=1S/C20H30N2/c1-19(2,3)11-12-20(4,5)18-13-16-15(14-21-18)9-8-10-17(16)22(6)7/h8-10,13-14H,11-12H2,1-7H3. The van der Waals surface area contributed by atoms with Crippen LogP contribution >= 0.6 is 0 Å². The van der Waals surface area contributed by atoms with Crippen molar-refractivity contribution in [1.82, 2.24) is 4.98 Å². The van der Waals surface area contributed by atoms with Gasteiger partial charge in [-0.05, 0) is 30.4 Å². The zero-order chi connectivity index (χ0) is 16.5. The summed E-state index contributed by atoms with van der Waals surface area (Å²) in [7, 11) is 4.19. The summed E-state index contributed by atoms with van der Waals surface area (Å²) < 4.78 is 0. The van der Waals surface area contributed by atoms with Crippen LogP contribution < -0.4 is 4.90 Å². The summed E-state index contributed by atoms with van der Waals surface area (Å²) in [5.41, 5.74) is 2.91. The molecule has 0 amide bonds. The van der Waals surface area contributed by atoms with Gasteiger partial charge in [0.2, 0.25) is 0 Å². The van der Waals surface area contributed by atoms with Gasteiger partial charge in [0, 0.05) is 47.9 Å². The van der Waals surface area contributed by atoms with Gasteiger partial charge in [0.05, 0.1) is 0 Å². The van der Waals surface area contributed by atoms with E-state index in [1.807, 2.05) is 6.20 Å². The maximum atomic E-state index is 4.76. The largest absolute Gasteiger partial charge is 0.377 e. The first kappa shape index (κ1) is 16.8. The second-order valence-electron chi connectivity index (χ2n) is 8.41. The molecule has 0 radical (unpaired) electrons. The van der Waals surface area contributed by atoms with Gasteiger partial charge in [0.1, 0.15) is 0 Å². The van der Waals surface area contributed by atoms with E-state index < -0.39 is 0 Å². The van der Waals surface area contributed by atoms with E-state index in [1.165, 1.54) is 28.6 Å². The lowest BCUT2D eigenvalue weighted by atomic mass is 9.77. The van der Waals surface area contributed by atoms with Crippen molar-refractivity contribution in [2.75, 3.05) is 19.0 Å². The molecule has 0 aliphatic heterocycles. The lowest BCUT2D eigenvalue weighted by molar-refractivity contribution is 0.312. The van der Waals surface area contributed by atoms with Crippen LogP contribution in [0.1, 0.15) is 53.2 Å². The van der Waals surface area contributed by atoms with Gasteiger partial charge in [-0.15, -0.1) is 0 Å². The van der Waals surface area contributed by atoms with E-state index in [4.69, 9.17) is 4.98 Å². The normalized spacial score (nSPS) is 12.7. The molecule has 1 aromatic heterocycles. The molecule has 1 heterocycles. The monoisotopic (exact) mass is 298 g/mol. The van der Waals surface area contributed by atoms with Crippen molar-refractivity contribution < 1.29 is 0 Å². The molecule has 120 valence electrons. The minimum atomic E-state index is 0.0981. The number of aromatic nitrogens is 1. The van der Waals surface area contributed by atoms with E-state index in [-0.39, 0.29) is 5.41 Å². The highest BCUT2D eigenvalue weighted by atomic mass is 15.1. The maximum Gasteiger partial charge on any atom is 0.0467 e. The number of anilines is 1. The number of hydrogen-bond donors (Lipinski definition) is 0. The van der Waals surface area contributed by atoms with Gasteiger partial charge in [-0.1, -0.05) is 46.8 Å². The van der Waals surface area contributed by atoms with Crippen molar-refractivity contribution in [1.29, 1.82) is 0 Å². The summed E-state index contributed by atoms with van der Waals surface area (Å²) in [6.45, 7) is 11.5. The van der Waals surface area contributed by atoms with Gasteiger partial charge in [-0.3, -0.25) is 4.98 Å². The zero-order valence-electron chi connectivity index (χ0n) is 15.2. The quantitative estimate of drug-likeness (QED) is 0.750. The first-order chi connectivity index (χ1) is 10.1. The van der Waals surface area contributed by atoms with Crippen molar-refractivity contribution in [3.05, 3.63) is 36.2 Å². The van der Waals surface area contributed by atoms with Crippen molar-refractivity contribution >= 4 is 16.5 Å². The van der Waals surface area contributed by atoms with Crippen LogP contribution in [0.4, 0.5) is 5.69 Å². The van der Waals surface area contributed by atoms with Crippen molar-refractivity contribution in [3.63, 3.8) is 0 Å². The fraction of sp³-hybridized carbons (Fsp3) is 0.550. The van der Waals surface area contributed by atoms with Gasteiger partial charge < -0.3 is 4.90 Å². The molecule has 2 rings (SSSR count). The number of fused-ring (bicyclic) bond motifs is 1. The molecule has 0 fully saturated rings. The molecule has 0 saturated heterocycles. The predicted molar refractivity (Wildman–Crippen MR) is 97.8 cm³/mol. The zero-order valence-corrected chi connectivity index (χ0v) is 15.2. The second-order valence-corrected chi connectivity index (χ2v) is 8.41. The predicted octanol–water partition coefficient (Wildman–Crippen LogP) is 5.40. The smallest absolute Gasteiger partial charge is 0.0467 e. The number of rotatable bonds is 4. The molecular formula is C20H30N2. The third-order valence-corrected chi connectivity index (χ3v) is 4.42. The Bertz CT molecular complexity index is 648. The van der Waals surface area contributed by atoms with Crippen LogP contribution in [-0.2, 0) is 5.41 Å². The van der Waals surface area contributed by atoms with Gasteiger partial charge in [0.25, 0.3) is 0 Å². The average molecular weight is 298 g/mol. The summed E-state index contributed by atoms with van der Waals surface area (Å²) in [6, 6.07) is 8.70. The fourth-order valence-electron chi connectivity index (χ4n) is 2.73. The Balaban J connectivity index is 2.41. The van der Waals surface area contributed by atoms with Crippen LogP contribution in [0.3, 0.4) is 0 Å². The summed E-state index contributed by atoms with van der Waals surface area (Å²) in [6.07, 6.45) is 4.38. The van der Waals surface area contributed by atoms with Crippen LogP contribution in [0.25, 0.3) is 10.8 Å². The number of pyridine rings is 1. The molecule has 0 saturated carbocycles. The van der Waals surface area contributed by atoms with Crippen LogP contribution in [0.5, 0.6) is 0 Å². The fourth-order valence-corrected chi connectivity index (χ4v) is 2.73. The first-order valence-electron chi connectivity index (χ1n) is 8.17. The Morgan fingerprint density at radius 2 is 1.68 bits per heavy atom. The maximum absolute atomic E-state index is 4.76. The Morgan fingerprint density at radius 1 is 1.00 bits per heavy atom. The average Bonchev–Trinajstić information content (AvgIpc) is 2.43. The SMILES string of the molecule is CN(C)c1cccc2cnc(C(C)(C)CCC(C)(C)C)cc12. The highest BCUT2D eigenvalue weighted by Crippen LogP contribution is 2.35. The first-order valence-corrected chi connectivity index (χ1v) is 8.17. The summed E-state index contributed by atoms with van der Waals surface area (Å²) in [4.78, 5) is 6.94. The minimum Gasteiger partial charge on any atom is -0.377 e. The molecule has 0 atom stereocenters. The molecule has 2 aromatic rings. The minimum absolute atomic E-state index is 0.0981. The Morgan fingerprint density at radius 3 is 2.27 bits per heavy atom. The molecule has 0 N–H and O–H groups in total. The third-order valence-electron chi connectivity index (χ3n) is 4.42. The number of nitrogens with zero attached hydrogens (tertiary/aromatic N) is 2. The highest BCUT2D eigenvalue weighted by Gasteiger charge is 2.25. The van der Waals surface area contributed by atoms with E-state index in [9.17, 15) is 0 Å². The molecule has 0 spiro atoms. The van der Waals surface area contributed by atoms with E-state index in [0.29, 0.717) is 5.41 Å².